The van der Waals surface area contributed by atoms with Gasteiger partial charge in [0.25, 0.3) is 0 Å². The van der Waals surface area contributed by atoms with Gasteiger partial charge in [0.05, 0.1) is 43.7 Å². The Hall–Kier alpha value is -9.11. The first-order chi connectivity index (χ1) is 60.7. The third kappa shape index (κ3) is 46.8. The Bertz CT molecular complexity index is 4920. The number of alkyl halides is 3. The van der Waals surface area contributed by atoms with E-state index >= 15 is 0 Å². The molecule has 0 radical (unpaired) electrons. The fraction of sp³-hybridized carbons (Fsp3) is 0.500. The van der Waals surface area contributed by atoms with Crippen molar-refractivity contribution in [1.29, 1.82) is 0 Å². The molecule has 1 fully saturated rings. The summed E-state index contributed by atoms with van der Waals surface area (Å²) in [5.41, 5.74) is 17.4. The van der Waals surface area contributed by atoms with Crippen molar-refractivity contribution >= 4 is 52.2 Å². The molecule has 23 heteroatoms. The molecule has 11 aromatic heterocycles. The van der Waals surface area contributed by atoms with Crippen LogP contribution in [0.15, 0.2) is 189 Å². The summed E-state index contributed by atoms with van der Waals surface area (Å²) in [7, 11) is 3.26. The maximum absolute atomic E-state index is 12.4. The van der Waals surface area contributed by atoms with E-state index in [0.717, 1.165) is 83.5 Å². The lowest BCUT2D eigenvalue weighted by Gasteiger charge is -2.28. The lowest BCUT2D eigenvalue weighted by Crippen LogP contribution is -2.36. The fourth-order valence-corrected chi connectivity index (χ4v) is 12.5. The molecule has 730 valence electrons. The summed E-state index contributed by atoms with van der Waals surface area (Å²) >= 11 is 23.1. The molecular formula is C110H156Cl4F4N12O3. The summed E-state index contributed by atoms with van der Waals surface area (Å²) in [6.07, 6.45) is 12.7. The molecule has 11 aromatic rings. The molecule has 12 rings (SSSR count). The van der Waals surface area contributed by atoms with Crippen molar-refractivity contribution in [3.63, 3.8) is 0 Å². The van der Waals surface area contributed by atoms with Gasteiger partial charge in [0.2, 0.25) is 11.8 Å². The molecule has 0 aromatic carbocycles. The summed E-state index contributed by atoms with van der Waals surface area (Å²) in [5, 5.41) is 2.41. The molecule has 0 atom stereocenters. The Labute approximate surface area is 818 Å². The van der Waals surface area contributed by atoms with Crippen molar-refractivity contribution in [3.8, 4) is 11.8 Å². The van der Waals surface area contributed by atoms with Crippen LogP contribution in [-0.2, 0) is 70.5 Å². The average Bonchev–Trinajstić information content (AvgIpc) is 0.828. The molecule has 1 aliphatic rings. The highest BCUT2D eigenvalue weighted by Gasteiger charge is 2.33. The minimum Gasteiger partial charge on any atom is -0.481 e. The number of pyridine rings is 11. The standard InChI is InChI=1S/C13H20N2O.C11H17NO.C10H12F3N.C10H15NO.3C10H15N.C9H11Cl2N.2C9H12ClN.C9H12FN/c1-13(2,3)11-4-5-12(14-10-11)15-6-8-16-9-7-15;1-8-9(11(2,3)4)6-7-10(12-8)13-5;1-9(2,3)7-4-5-8(14-6-7)10(11,12)13;1-10(2,3)8-5-6-9(12-4)11-7-8;1-8-5-6-11-9(7-8)10(2,3)4;1-8-5-6-9(11-7-8)10(2,3)4;1-8-9(10(2,3)4)6-5-7-11-8;1-9(2,3)7-4-6(10)5-12-8(7)11;1-9(2,3)8-5-4-7(10)6-11-8;1-9(2,3)7-4-5-8(10)11-6-7;1-9(2,3)8-5-4-7(10)6-11-8/h4-5,10H,6-9H2,1-3H3;6-7H,1-5H3;4-6H,1-3H3;5-7H,1-4H3;3*5-7H,1-4H3;4-5H,1-3H3;3*4-6H,1-3H3. The predicted molar refractivity (Wildman–Crippen MR) is 552 cm³/mol. The van der Waals surface area contributed by atoms with Crippen molar-refractivity contribution in [3.05, 3.63) is 305 Å². The van der Waals surface area contributed by atoms with Crippen LogP contribution in [0.1, 0.15) is 318 Å². The monoisotopic (exact) mass is 1910 g/mol. The Kier molecular flexibility index (Phi) is 47.1. The number of methoxy groups -OCH3 is 2. The van der Waals surface area contributed by atoms with Crippen molar-refractivity contribution in [1.82, 2.24) is 54.8 Å². The van der Waals surface area contributed by atoms with Crippen LogP contribution < -0.4 is 14.4 Å². The average molecular weight is 1910 g/mol. The zero-order valence-corrected chi connectivity index (χ0v) is 90.4. The number of hydrogen-bond acceptors (Lipinski definition) is 15. The van der Waals surface area contributed by atoms with Crippen LogP contribution in [0.5, 0.6) is 11.8 Å². The second-order valence-corrected chi connectivity index (χ2v) is 45.5. The molecule has 0 spiro atoms. The largest absolute Gasteiger partial charge is 0.481 e. The van der Waals surface area contributed by atoms with E-state index in [0.29, 0.717) is 32.1 Å². The third-order valence-corrected chi connectivity index (χ3v) is 21.1. The highest BCUT2D eigenvalue weighted by Crippen LogP contribution is 2.34. The summed E-state index contributed by atoms with van der Waals surface area (Å²) in [4.78, 5) is 47.8. The number of nitrogens with zero attached hydrogens (tertiary/aromatic N) is 12. The molecule has 0 amide bonds. The summed E-state index contributed by atoms with van der Waals surface area (Å²) in [6, 6.07) is 39.9. The van der Waals surface area contributed by atoms with Gasteiger partial charge in [-0.15, -0.1) is 0 Å². The number of anilines is 1. The first-order valence-electron chi connectivity index (χ1n) is 45.0. The first kappa shape index (κ1) is 120. The smallest absolute Gasteiger partial charge is 0.433 e. The van der Waals surface area contributed by atoms with Gasteiger partial charge in [-0.3, -0.25) is 29.9 Å². The summed E-state index contributed by atoms with van der Waals surface area (Å²) in [5.74, 6) is 2.14. The lowest BCUT2D eigenvalue weighted by atomic mass is 9.86. The van der Waals surface area contributed by atoms with E-state index in [1.165, 1.54) is 63.5 Å². The summed E-state index contributed by atoms with van der Waals surface area (Å²) in [6.45, 7) is 82.0. The number of hydrogen-bond donors (Lipinski definition) is 0. The van der Waals surface area contributed by atoms with Gasteiger partial charge >= 0.3 is 6.18 Å². The van der Waals surface area contributed by atoms with Crippen molar-refractivity contribution in [2.45, 2.75) is 322 Å². The number of aryl methyl sites for hydroxylation is 4. The van der Waals surface area contributed by atoms with Crippen LogP contribution in [0, 0.1) is 33.5 Å². The van der Waals surface area contributed by atoms with Crippen molar-refractivity contribution < 1.29 is 31.8 Å². The van der Waals surface area contributed by atoms with Gasteiger partial charge in [-0.1, -0.05) is 317 Å². The van der Waals surface area contributed by atoms with Crippen LogP contribution in [-0.4, -0.2) is 95.3 Å². The molecule has 0 saturated carbocycles. The molecule has 1 saturated heterocycles. The van der Waals surface area contributed by atoms with Gasteiger partial charge in [-0.25, -0.2) is 29.3 Å². The maximum atomic E-state index is 12.4. The van der Waals surface area contributed by atoms with Crippen LogP contribution in [0.25, 0.3) is 0 Å². The van der Waals surface area contributed by atoms with E-state index in [9.17, 15) is 17.6 Å². The highest BCUT2D eigenvalue weighted by molar-refractivity contribution is 6.32. The SMILES string of the molecule is CC(C)(C)c1cc(Cl)cnc1Cl.CC(C)(C)c1ccc(C(F)(F)F)nc1.CC(C)(C)c1ccc(Cl)cn1.CC(C)(C)c1ccc(Cl)nc1.CC(C)(C)c1ccc(F)cn1.CC(C)(C)c1ccc(N2CCOCC2)nc1.COc1ccc(C(C)(C)C)c(C)n1.COc1ccc(C(C)(C)C)cn1.Cc1ccc(C(C)(C)C)nc1.Cc1ccnc(C(C)(C)C)c1.Cc1ncccc1C(C)(C)C. The van der Waals surface area contributed by atoms with Gasteiger partial charge < -0.3 is 19.1 Å². The zero-order valence-electron chi connectivity index (χ0n) is 87.3. The van der Waals surface area contributed by atoms with E-state index in [-0.39, 0.29) is 65.4 Å². The Morgan fingerprint density at radius 2 is 0.729 bits per heavy atom. The van der Waals surface area contributed by atoms with Gasteiger partial charge in [-0.05, 0) is 188 Å². The minimum absolute atomic E-state index is 0.00498. The topological polar surface area (TPSA) is 173 Å². The first-order valence-corrected chi connectivity index (χ1v) is 46.5. The molecule has 1 aliphatic heterocycles. The van der Waals surface area contributed by atoms with Crippen molar-refractivity contribution in [2.75, 3.05) is 45.4 Å². The molecule has 15 nitrogen and oxygen atoms in total. The minimum atomic E-state index is -4.35. The molecule has 133 heavy (non-hydrogen) atoms. The van der Waals surface area contributed by atoms with E-state index in [2.05, 4.69) is 310 Å². The molecular weight excluding hydrogens is 1760 g/mol. The molecule has 0 bridgehead atoms. The third-order valence-electron chi connectivity index (χ3n) is 20.1. The molecule has 0 aliphatic carbocycles. The fourth-order valence-electron chi connectivity index (χ4n) is 11.7. The number of ether oxygens (including phenoxy) is 3. The van der Waals surface area contributed by atoms with E-state index in [4.69, 9.17) is 60.6 Å². The lowest BCUT2D eigenvalue weighted by molar-refractivity contribution is -0.141. The Balaban J connectivity index is 0.000000496. The second-order valence-electron chi connectivity index (χ2n) is 43.9. The molecule has 12 heterocycles. The Morgan fingerprint density at radius 3 is 1.07 bits per heavy atom. The number of morpholine rings is 1. The van der Waals surface area contributed by atoms with Crippen LogP contribution in [0.2, 0.25) is 20.4 Å². The molecule has 0 N–H and O–H groups in total. The number of halogens is 8. The van der Waals surface area contributed by atoms with Crippen LogP contribution >= 0.6 is 46.4 Å². The van der Waals surface area contributed by atoms with Crippen molar-refractivity contribution in [2.24, 2.45) is 0 Å². The highest BCUT2D eigenvalue weighted by atomic mass is 35.5. The van der Waals surface area contributed by atoms with E-state index in [1.807, 2.05) is 146 Å². The summed E-state index contributed by atoms with van der Waals surface area (Å²) < 4.78 is 64.2. The molecule has 0 unspecified atom stereocenters. The quantitative estimate of drug-likeness (QED) is 0.121. The second kappa shape index (κ2) is 52.3. The number of rotatable bonds is 3. The van der Waals surface area contributed by atoms with Gasteiger partial charge in [-0.2, -0.15) is 13.2 Å². The van der Waals surface area contributed by atoms with Crippen LogP contribution in [0.4, 0.5) is 23.4 Å². The normalized spacial score (nSPS) is 12.5. The Morgan fingerprint density at radius 1 is 0.316 bits per heavy atom. The van der Waals surface area contributed by atoms with Crippen LogP contribution in [0.3, 0.4) is 0 Å². The predicted octanol–water partition coefficient (Wildman–Crippen LogP) is 31.0. The number of aromatic nitrogens is 11. The van der Waals surface area contributed by atoms with Gasteiger partial charge in [0.1, 0.15) is 27.6 Å². The van der Waals surface area contributed by atoms with Gasteiger partial charge in [0.15, 0.2) is 0 Å². The van der Waals surface area contributed by atoms with E-state index < -0.39 is 11.9 Å². The van der Waals surface area contributed by atoms with Gasteiger partial charge in [0, 0.05) is 137 Å². The van der Waals surface area contributed by atoms with E-state index in [1.54, 1.807) is 32.7 Å². The zero-order chi connectivity index (χ0) is 102. The maximum Gasteiger partial charge on any atom is 0.433 e.